The van der Waals surface area contributed by atoms with Crippen LogP contribution in [0.5, 0.6) is 11.5 Å². The molecule has 1 N–H and O–H groups in total. The number of carbonyl (C=O) groups is 1. The molecule has 0 saturated heterocycles. The number of tetrazole rings is 1. The fourth-order valence-corrected chi connectivity index (χ4v) is 2.64. The van der Waals surface area contributed by atoms with E-state index in [1.807, 2.05) is 0 Å². The lowest BCUT2D eigenvalue weighted by Gasteiger charge is -2.12. The van der Waals surface area contributed by atoms with E-state index in [9.17, 15) is 4.79 Å². The van der Waals surface area contributed by atoms with Crippen LogP contribution in [0.3, 0.4) is 0 Å². The van der Waals surface area contributed by atoms with Gasteiger partial charge in [0.2, 0.25) is 0 Å². The van der Waals surface area contributed by atoms with Crippen LogP contribution in [0.25, 0.3) is 5.69 Å². The van der Waals surface area contributed by atoms with Gasteiger partial charge in [0.25, 0.3) is 5.91 Å². The number of halogens is 1. The van der Waals surface area contributed by atoms with Gasteiger partial charge in [-0.15, -0.1) is 5.10 Å². The van der Waals surface area contributed by atoms with Crippen molar-refractivity contribution in [1.29, 1.82) is 0 Å². The van der Waals surface area contributed by atoms with Crippen molar-refractivity contribution in [3.05, 3.63) is 52.8 Å². The number of carbonyl (C=O) groups excluding carboxylic acids is 1. The molecule has 0 aliphatic rings. The molecule has 0 atom stereocenters. The van der Waals surface area contributed by atoms with Gasteiger partial charge in [-0.1, -0.05) is 15.9 Å². The summed E-state index contributed by atoms with van der Waals surface area (Å²) >= 11 is 3.36. The molecule has 1 heterocycles. The topological polar surface area (TPSA) is 91.2 Å². The number of benzene rings is 2. The first-order valence-electron chi connectivity index (χ1n) is 7.18. The molecule has 0 spiro atoms. The quantitative estimate of drug-likeness (QED) is 0.703. The van der Waals surface area contributed by atoms with Crippen LogP contribution in [0, 0.1) is 0 Å². The first kappa shape index (κ1) is 16.9. The number of nitrogens with zero attached hydrogens (tertiary/aromatic N) is 4. The minimum Gasteiger partial charge on any atom is -0.496 e. The summed E-state index contributed by atoms with van der Waals surface area (Å²) in [5, 5.41) is 13.9. The van der Waals surface area contributed by atoms with Crippen LogP contribution in [0.15, 0.2) is 47.2 Å². The van der Waals surface area contributed by atoms with E-state index in [2.05, 4.69) is 36.8 Å². The minimum atomic E-state index is -0.300. The molecule has 128 valence electrons. The molecule has 0 aliphatic heterocycles. The number of aromatic nitrogens is 4. The van der Waals surface area contributed by atoms with Crippen molar-refractivity contribution in [2.45, 2.75) is 0 Å². The van der Waals surface area contributed by atoms with Crippen molar-refractivity contribution in [1.82, 2.24) is 20.2 Å². The Morgan fingerprint density at radius 2 is 1.88 bits per heavy atom. The van der Waals surface area contributed by atoms with E-state index in [0.717, 1.165) is 4.47 Å². The largest absolute Gasteiger partial charge is 0.496 e. The van der Waals surface area contributed by atoms with Gasteiger partial charge in [-0.25, -0.2) is 0 Å². The van der Waals surface area contributed by atoms with Crippen molar-refractivity contribution in [2.75, 3.05) is 19.5 Å². The Bertz CT molecular complexity index is 899. The first-order chi connectivity index (χ1) is 12.1. The first-order valence-corrected chi connectivity index (χ1v) is 7.98. The SMILES string of the molecule is COc1ccc(Br)cc1C(=O)Nc1ccc(OC)c(-n2cnnn2)c1. The van der Waals surface area contributed by atoms with Gasteiger partial charge in [-0.2, -0.15) is 4.68 Å². The fourth-order valence-electron chi connectivity index (χ4n) is 2.27. The second-order valence-corrected chi connectivity index (χ2v) is 5.86. The lowest BCUT2D eigenvalue weighted by molar-refractivity contribution is 0.102. The van der Waals surface area contributed by atoms with Crippen LogP contribution in [-0.2, 0) is 0 Å². The lowest BCUT2D eigenvalue weighted by atomic mass is 10.1. The molecule has 1 amide bonds. The summed E-state index contributed by atoms with van der Waals surface area (Å²) in [7, 11) is 3.07. The molecular weight excluding hydrogens is 390 g/mol. The van der Waals surface area contributed by atoms with Crippen LogP contribution in [-0.4, -0.2) is 40.3 Å². The Morgan fingerprint density at radius 1 is 1.12 bits per heavy atom. The zero-order chi connectivity index (χ0) is 17.8. The minimum absolute atomic E-state index is 0.300. The average molecular weight is 404 g/mol. The predicted molar refractivity (Wildman–Crippen MR) is 94.4 cm³/mol. The van der Waals surface area contributed by atoms with Gasteiger partial charge in [0.15, 0.2) is 0 Å². The second kappa shape index (κ2) is 7.31. The third-order valence-electron chi connectivity index (χ3n) is 3.44. The molecule has 0 fully saturated rings. The summed E-state index contributed by atoms with van der Waals surface area (Å²) in [4.78, 5) is 12.6. The van der Waals surface area contributed by atoms with Gasteiger partial charge >= 0.3 is 0 Å². The van der Waals surface area contributed by atoms with E-state index >= 15 is 0 Å². The maximum atomic E-state index is 12.6. The number of ether oxygens (including phenoxy) is 2. The molecular formula is C16H14BrN5O3. The Balaban J connectivity index is 1.92. The molecule has 3 aromatic rings. The lowest BCUT2D eigenvalue weighted by Crippen LogP contribution is -2.13. The normalized spacial score (nSPS) is 10.4. The van der Waals surface area contributed by atoms with Gasteiger partial charge in [-0.3, -0.25) is 4.79 Å². The number of hydrogen-bond donors (Lipinski definition) is 1. The fraction of sp³-hybridized carbons (Fsp3) is 0.125. The second-order valence-electron chi connectivity index (χ2n) is 4.94. The maximum absolute atomic E-state index is 12.6. The van der Waals surface area contributed by atoms with E-state index in [1.54, 1.807) is 43.5 Å². The van der Waals surface area contributed by atoms with E-state index in [0.29, 0.717) is 28.4 Å². The van der Waals surface area contributed by atoms with Crippen molar-refractivity contribution in [3.63, 3.8) is 0 Å². The molecule has 2 aromatic carbocycles. The summed E-state index contributed by atoms with van der Waals surface area (Å²) in [5.41, 5.74) is 1.58. The van der Waals surface area contributed by atoms with Gasteiger partial charge in [0.05, 0.1) is 19.8 Å². The molecule has 0 saturated carbocycles. The van der Waals surface area contributed by atoms with E-state index in [-0.39, 0.29) is 5.91 Å². The summed E-state index contributed by atoms with van der Waals surface area (Å²) in [6, 6.07) is 10.4. The smallest absolute Gasteiger partial charge is 0.259 e. The third-order valence-corrected chi connectivity index (χ3v) is 3.93. The summed E-state index contributed by atoms with van der Waals surface area (Å²) in [5.74, 6) is 0.756. The molecule has 0 radical (unpaired) electrons. The van der Waals surface area contributed by atoms with Crippen LogP contribution in [0.4, 0.5) is 5.69 Å². The van der Waals surface area contributed by atoms with E-state index < -0.39 is 0 Å². The van der Waals surface area contributed by atoms with Gasteiger partial charge in [0, 0.05) is 10.2 Å². The third kappa shape index (κ3) is 3.61. The van der Waals surface area contributed by atoms with Gasteiger partial charge in [-0.05, 0) is 46.8 Å². The number of methoxy groups -OCH3 is 2. The number of amides is 1. The standard InChI is InChI=1S/C16H14BrN5O3/c1-24-14-5-3-10(17)7-12(14)16(23)19-11-4-6-15(25-2)13(8-11)22-9-18-20-21-22/h3-9H,1-2H3,(H,19,23). The molecule has 0 unspecified atom stereocenters. The van der Waals surface area contributed by atoms with Crippen LogP contribution in [0.2, 0.25) is 0 Å². The highest BCUT2D eigenvalue weighted by Crippen LogP contribution is 2.27. The predicted octanol–water partition coefficient (Wildman–Crippen LogP) is 2.69. The molecule has 0 bridgehead atoms. The average Bonchev–Trinajstić information content (AvgIpc) is 3.16. The number of nitrogens with one attached hydrogen (secondary N) is 1. The number of hydrogen-bond acceptors (Lipinski definition) is 6. The van der Waals surface area contributed by atoms with Crippen molar-refractivity contribution < 1.29 is 14.3 Å². The highest BCUT2D eigenvalue weighted by Gasteiger charge is 2.15. The van der Waals surface area contributed by atoms with E-state index in [4.69, 9.17) is 9.47 Å². The van der Waals surface area contributed by atoms with Crippen LogP contribution in [0.1, 0.15) is 10.4 Å². The molecule has 8 nitrogen and oxygen atoms in total. The monoisotopic (exact) mass is 403 g/mol. The van der Waals surface area contributed by atoms with Crippen LogP contribution < -0.4 is 14.8 Å². The molecule has 25 heavy (non-hydrogen) atoms. The van der Waals surface area contributed by atoms with Crippen LogP contribution >= 0.6 is 15.9 Å². The maximum Gasteiger partial charge on any atom is 0.259 e. The molecule has 0 aliphatic carbocycles. The Kier molecular flexibility index (Phi) is 4.94. The summed E-state index contributed by atoms with van der Waals surface area (Å²) < 4.78 is 12.8. The summed E-state index contributed by atoms with van der Waals surface area (Å²) in [6.07, 6.45) is 1.45. The molecule has 3 rings (SSSR count). The van der Waals surface area contributed by atoms with Crippen molar-refractivity contribution >= 4 is 27.5 Å². The number of rotatable bonds is 5. The van der Waals surface area contributed by atoms with Gasteiger partial charge in [0.1, 0.15) is 23.5 Å². The molecule has 1 aromatic heterocycles. The van der Waals surface area contributed by atoms with Crippen molar-refractivity contribution in [2.24, 2.45) is 0 Å². The Hall–Kier alpha value is -2.94. The molecule has 9 heteroatoms. The number of anilines is 1. The van der Waals surface area contributed by atoms with Gasteiger partial charge < -0.3 is 14.8 Å². The zero-order valence-corrected chi connectivity index (χ0v) is 15.0. The Morgan fingerprint density at radius 3 is 2.56 bits per heavy atom. The summed E-state index contributed by atoms with van der Waals surface area (Å²) in [6.45, 7) is 0. The zero-order valence-electron chi connectivity index (χ0n) is 13.4. The highest BCUT2D eigenvalue weighted by molar-refractivity contribution is 9.10. The van der Waals surface area contributed by atoms with Crippen molar-refractivity contribution in [3.8, 4) is 17.2 Å². The van der Waals surface area contributed by atoms with E-state index in [1.165, 1.54) is 18.1 Å². The Labute approximate surface area is 151 Å². The highest BCUT2D eigenvalue weighted by atomic mass is 79.9.